The van der Waals surface area contributed by atoms with E-state index in [0.29, 0.717) is 5.56 Å². The molecule has 1 N–H and O–H groups in total. The molecular formula is C22H17IN4O. The summed E-state index contributed by atoms with van der Waals surface area (Å²) in [5, 5.41) is 5.23. The first-order valence-electron chi connectivity index (χ1n) is 8.76. The average Bonchev–Trinajstić information content (AvgIpc) is 3.08. The number of amides is 1. The molecule has 0 bridgehead atoms. The lowest BCUT2D eigenvalue weighted by Crippen LogP contribution is -2.17. The van der Waals surface area contributed by atoms with E-state index < -0.39 is 0 Å². The highest BCUT2D eigenvalue weighted by Crippen LogP contribution is 2.21. The van der Waals surface area contributed by atoms with Crippen molar-refractivity contribution in [2.75, 3.05) is 0 Å². The Hall–Kier alpha value is -3.00. The molecule has 0 atom stereocenters. The van der Waals surface area contributed by atoms with Gasteiger partial charge >= 0.3 is 0 Å². The van der Waals surface area contributed by atoms with E-state index in [1.54, 1.807) is 30.7 Å². The van der Waals surface area contributed by atoms with Crippen LogP contribution in [0.25, 0.3) is 10.9 Å². The van der Waals surface area contributed by atoms with E-state index in [1.165, 1.54) is 9.13 Å². The molecule has 0 saturated heterocycles. The van der Waals surface area contributed by atoms with Crippen LogP contribution in [0.4, 0.5) is 0 Å². The molecule has 2 heterocycles. The number of aromatic nitrogens is 2. The topological polar surface area (TPSA) is 59.3 Å². The lowest BCUT2D eigenvalue weighted by molar-refractivity contribution is 0.0955. The normalized spacial score (nSPS) is 11.2. The third-order valence-corrected chi connectivity index (χ3v) is 5.12. The van der Waals surface area contributed by atoms with Gasteiger partial charge in [0.2, 0.25) is 0 Å². The number of nitrogens with one attached hydrogen (secondary N) is 1. The second-order valence-corrected chi connectivity index (χ2v) is 7.54. The van der Waals surface area contributed by atoms with Gasteiger partial charge in [-0.05, 0) is 58.5 Å². The first kappa shape index (κ1) is 18.4. The Bertz CT molecular complexity index is 1130. The molecule has 6 heteroatoms. The number of para-hydroxylation sites is 1. The molecule has 0 aliphatic heterocycles. The number of nitrogens with zero attached hydrogens (tertiary/aromatic N) is 3. The lowest BCUT2D eigenvalue weighted by Gasteiger charge is -2.05. The van der Waals surface area contributed by atoms with Crippen molar-refractivity contribution in [1.29, 1.82) is 0 Å². The number of fused-ring (bicyclic) bond motifs is 1. The van der Waals surface area contributed by atoms with Crippen LogP contribution in [0.1, 0.15) is 21.5 Å². The van der Waals surface area contributed by atoms with Crippen LogP contribution in [0, 0.1) is 3.57 Å². The summed E-state index contributed by atoms with van der Waals surface area (Å²) in [4.78, 5) is 16.0. The van der Waals surface area contributed by atoms with Gasteiger partial charge in [0, 0.05) is 50.7 Å². The van der Waals surface area contributed by atoms with Gasteiger partial charge in [0.1, 0.15) is 0 Å². The summed E-state index contributed by atoms with van der Waals surface area (Å²) in [6, 6.07) is 20.0. The van der Waals surface area contributed by atoms with Crippen molar-refractivity contribution in [3.8, 4) is 0 Å². The number of hydrazone groups is 1. The summed E-state index contributed by atoms with van der Waals surface area (Å²) in [5.74, 6) is -0.263. The van der Waals surface area contributed by atoms with E-state index in [-0.39, 0.29) is 5.91 Å². The number of benzene rings is 2. The Kier molecular flexibility index (Phi) is 5.48. The first-order valence-corrected chi connectivity index (χ1v) is 9.84. The molecule has 0 radical (unpaired) electrons. The number of carbonyl (C=O) groups is 1. The molecule has 2 aromatic heterocycles. The molecule has 138 valence electrons. The SMILES string of the molecule is O=C(N/N=C\c1cn(Cc2ccc(I)cc2)c2ccccc12)c1ccncc1. The molecule has 0 aliphatic carbocycles. The highest BCUT2D eigenvalue weighted by molar-refractivity contribution is 14.1. The number of rotatable bonds is 5. The molecule has 0 aliphatic rings. The van der Waals surface area contributed by atoms with Crippen LogP contribution in [0.3, 0.4) is 0 Å². The van der Waals surface area contributed by atoms with Gasteiger partial charge in [-0.2, -0.15) is 5.10 Å². The second-order valence-electron chi connectivity index (χ2n) is 6.29. The van der Waals surface area contributed by atoms with Gasteiger partial charge < -0.3 is 4.57 Å². The van der Waals surface area contributed by atoms with Crippen molar-refractivity contribution >= 4 is 45.6 Å². The van der Waals surface area contributed by atoms with E-state index in [0.717, 1.165) is 23.0 Å². The van der Waals surface area contributed by atoms with Crippen molar-refractivity contribution in [3.63, 3.8) is 0 Å². The maximum Gasteiger partial charge on any atom is 0.271 e. The molecule has 1 amide bonds. The third-order valence-electron chi connectivity index (χ3n) is 4.40. The zero-order valence-corrected chi connectivity index (χ0v) is 17.1. The fourth-order valence-electron chi connectivity index (χ4n) is 3.02. The molecule has 28 heavy (non-hydrogen) atoms. The second kappa shape index (κ2) is 8.35. The zero-order chi connectivity index (χ0) is 19.3. The Morgan fingerprint density at radius 3 is 2.61 bits per heavy atom. The predicted molar refractivity (Wildman–Crippen MR) is 119 cm³/mol. The molecule has 4 aromatic rings. The van der Waals surface area contributed by atoms with Crippen LogP contribution in [-0.2, 0) is 6.54 Å². The van der Waals surface area contributed by atoms with E-state index in [2.05, 4.69) is 85.3 Å². The Morgan fingerprint density at radius 1 is 1.07 bits per heavy atom. The van der Waals surface area contributed by atoms with E-state index in [9.17, 15) is 4.79 Å². The van der Waals surface area contributed by atoms with Crippen molar-refractivity contribution < 1.29 is 4.79 Å². The summed E-state index contributed by atoms with van der Waals surface area (Å²) >= 11 is 2.31. The third kappa shape index (κ3) is 4.12. The number of halogens is 1. The molecule has 0 saturated carbocycles. The van der Waals surface area contributed by atoms with E-state index in [4.69, 9.17) is 0 Å². The van der Waals surface area contributed by atoms with E-state index in [1.807, 2.05) is 12.1 Å². The van der Waals surface area contributed by atoms with Crippen LogP contribution in [-0.4, -0.2) is 21.7 Å². The van der Waals surface area contributed by atoms with Crippen LogP contribution in [0.5, 0.6) is 0 Å². The number of hydrogen-bond donors (Lipinski definition) is 1. The summed E-state index contributed by atoms with van der Waals surface area (Å²) < 4.78 is 3.42. The van der Waals surface area contributed by atoms with Crippen LogP contribution in [0.2, 0.25) is 0 Å². The number of hydrogen-bond acceptors (Lipinski definition) is 3. The van der Waals surface area contributed by atoms with Crippen molar-refractivity contribution in [3.05, 3.63) is 99.5 Å². The van der Waals surface area contributed by atoms with Gasteiger partial charge in [-0.25, -0.2) is 5.43 Å². The predicted octanol–water partition coefficient (Wildman–Crippen LogP) is 4.45. The van der Waals surface area contributed by atoms with Gasteiger partial charge in [-0.1, -0.05) is 30.3 Å². The quantitative estimate of drug-likeness (QED) is 0.261. The minimum Gasteiger partial charge on any atom is -0.342 e. The van der Waals surface area contributed by atoms with E-state index >= 15 is 0 Å². The largest absolute Gasteiger partial charge is 0.342 e. The van der Waals surface area contributed by atoms with Crippen LogP contribution in [0.15, 0.2) is 84.4 Å². The molecule has 2 aromatic carbocycles. The monoisotopic (exact) mass is 480 g/mol. The summed E-state index contributed by atoms with van der Waals surface area (Å²) in [6.45, 7) is 0.772. The summed E-state index contributed by atoms with van der Waals surface area (Å²) in [6.07, 6.45) is 6.91. The Balaban J connectivity index is 1.57. The molecule has 0 unspecified atom stereocenters. The minimum atomic E-state index is -0.263. The molecule has 4 rings (SSSR count). The molecule has 0 fully saturated rings. The number of pyridine rings is 1. The first-order chi connectivity index (χ1) is 13.7. The van der Waals surface area contributed by atoms with Gasteiger partial charge in [-0.3, -0.25) is 9.78 Å². The van der Waals surface area contributed by atoms with Crippen LogP contribution < -0.4 is 5.43 Å². The lowest BCUT2D eigenvalue weighted by atomic mass is 10.2. The van der Waals surface area contributed by atoms with Crippen LogP contribution >= 0.6 is 22.6 Å². The van der Waals surface area contributed by atoms with Gasteiger partial charge in [0.05, 0.1) is 6.21 Å². The van der Waals surface area contributed by atoms with Gasteiger partial charge in [0.15, 0.2) is 0 Å². The molecular weight excluding hydrogens is 463 g/mol. The van der Waals surface area contributed by atoms with Gasteiger partial charge in [-0.15, -0.1) is 0 Å². The highest BCUT2D eigenvalue weighted by atomic mass is 127. The number of carbonyl (C=O) groups excluding carboxylic acids is 1. The summed E-state index contributed by atoms with van der Waals surface area (Å²) in [7, 11) is 0. The van der Waals surface area contributed by atoms with Crippen molar-refractivity contribution in [1.82, 2.24) is 15.0 Å². The maximum atomic E-state index is 12.1. The maximum absolute atomic E-state index is 12.1. The van der Waals surface area contributed by atoms with Gasteiger partial charge in [0.25, 0.3) is 5.91 Å². The molecule has 0 spiro atoms. The smallest absolute Gasteiger partial charge is 0.271 e. The Labute approximate surface area is 176 Å². The fraction of sp³-hybridized carbons (Fsp3) is 0.0455. The highest BCUT2D eigenvalue weighted by Gasteiger charge is 2.08. The Morgan fingerprint density at radius 2 is 1.82 bits per heavy atom. The minimum absolute atomic E-state index is 0.263. The average molecular weight is 480 g/mol. The molecule has 5 nitrogen and oxygen atoms in total. The zero-order valence-electron chi connectivity index (χ0n) is 14.9. The van der Waals surface area contributed by atoms with Crippen molar-refractivity contribution in [2.24, 2.45) is 5.10 Å². The standard InChI is InChI=1S/C22H17IN4O/c23-19-7-5-16(6-8-19)14-27-15-18(20-3-1-2-4-21(20)27)13-25-26-22(28)17-9-11-24-12-10-17/h1-13,15H,14H2,(H,26,28)/b25-13-. The fourth-order valence-corrected chi connectivity index (χ4v) is 3.38. The van der Waals surface area contributed by atoms with Crippen molar-refractivity contribution in [2.45, 2.75) is 6.54 Å². The summed E-state index contributed by atoms with van der Waals surface area (Å²) in [5.41, 5.74) is 6.41.